The molecule has 0 radical (unpaired) electrons. The van der Waals surface area contributed by atoms with Gasteiger partial charge in [0.1, 0.15) is 0 Å². The van der Waals surface area contributed by atoms with Crippen LogP contribution < -0.4 is 5.32 Å². The molecule has 20 heavy (non-hydrogen) atoms. The van der Waals surface area contributed by atoms with E-state index in [1.165, 1.54) is 12.1 Å². The molecule has 6 nitrogen and oxygen atoms in total. The number of nitro groups is 1. The molecule has 7 heteroatoms. The zero-order valence-corrected chi connectivity index (χ0v) is 11.3. The summed E-state index contributed by atoms with van der Waals surface area (Å²) < 4.78 is 15.5. The second kappa shape index (κ2) is 5.79. The van der Waals surface area contributed by atoms with E-state index in [0.717, 1.165) is 17.3 Å². The third-order valence-corrected chi connectivity index (χ3v) is 3.00. The van der Waals surface area contributed by atoms with Gasteiger partial charge in [0.2, 0.25) is 5.82 Å². The smallest absolute Gasteiger partial charge is 0.305 e. The SMILES string of the molecule is Cc1nn(C)cc1CNCc1cccc([N+](=O)[O-])c1F. The third-order valence-electron chi connectivity index (χ3n) is 3.00. The monoisotopic (exact) mass is 278 g/mol. The van der Waals surface area contributed by atoms with Gasteiger partial charge in [0, 0.05) is 43.5 Å². The molecule has 0 aliphatic heterocycles. The maximum absolute atomic E-state index is 13.8. The Labute approximate surface area is 115 Å². The van der Waals surface area contributed by atoms with E-state index in [9.17, 15) is 14.5 Å². The van der Waals surface area contributed by atoms with E-state index < -0.39 is 16.4 Å². The molecule has 0 bridgehead atoms. The molecule has 1 aromatic heterocycles. The molecule has 0 unspecified atom stereocenters. The summed E-state index contributed by atoms with van der Waals surface area (Å²) in [5.41, 5.74) is 1.69. The van der Waals surface area contributed by atoms with E-state index in [1.54, 1.807) is 4.68 Å². The summed E-state index contributed by atoms with van der Waals surface area (Å²) in [6.45, 7) is 2.65. The fraction of sp³-hybridized carbons (Fsp3) is 0.308. The van der Waals surface area contributed by atoms with E-state index in [2.05, 4.69) is 10.4 Å². The fourth-order valence-electron chi connectivity index (χ4n) is 2.00. The summed E-state index contributed by atoms with van der Waals surface area (Å²) in [5, 5.41) is 17.9. The molecule has 1 N–H and O–H groups in total. The number of hydrogen-bond acceptors (Lipinski definition) is 4. The first-order valence-electron chi connectivity index (χ1n) is 6.10. The third kappa shape index (κ3) is 3.00. The normalized spacial score (nSPS) is 10.8. The zero-order chi connectivity index (χ0) is 14.7. The van der Waals surface area contributed by atoms with Crippen molar-refractivity contribution >= 4 is 5.69 Å². The Hall–Kier alpha value is -2.28. The van der Waals surface area contributed by atoms with Crippen LogP contribution in [0.2, 0.25) is 0 Å². The Morgan fingerprint density at radius 1 is 1.40 bits per heavy atom. The lowest BCUT2D eigenvalue weighted by Crippen LogP contribution is -2.14. The van der Waals surface area contributed by atoms with Crippen molar-refractivity contribution in [3.05, 3.63) is 57.1 Å². The lowest BCUT2D eigenvalue weighted by atomic mass is 10.1. The Morgan fingerprint density at radius 3 is 2.70 bits per heavy atom. The van der Waals surface area contributed by atoms with Crippen LogP contribution in [0.4, 0.5) is 10.1 Å². The number of aromatic nitrogens is 2. The highest BCUT2D eigenvalue weighted by Crippen LogP contribution is 2.20. The van der Waals surface area contributed by atoms with Gasteiger partial charge >= 0.3 is 5.69 Å². The lowest BCUT2D eigenvalue weighted by Gasteiger charge is -2.05. The van der Waals surface area contributed by atoms with Gasteiger partial charge in [0.15, 0.2) is 0 Å². The molecule has 0 spiro atoms. The van der Waals surface area contributed by atoms with Gasteiger partial charge in [-0.3, -0.25) is 14.8 Å². The van der Waals surface area contributed by atoms with Crippen molar-refractivity contribution < 1.29 is 9.31 Å². The quantitative estimate of drug-likeness (QED) is 0.671. The van der Waals surface area contributed by atoms with Gasteiger partial charge in [-0.2, -0.15) is 9.49 Å². The van der Waals surface area contributed by atoms with Gasteiger partial charge in [0.25, 0.3) is 0 Å². The summed E-state index contributed by atoms with van der Waals surface area (Å²) >= 11 is 0. The van der Waals surface area contributed by atoms with E-state index >= 15 is 0 Å². The van der Waals surface area contributed by atoms with Gasteiger partial charge < -0.3 is 5.32 Å². The summed E-state index contributed by atoms with van der Waals surface area (Å²) in [5.74, 6) is -0.784. The second-order valence-corrected chi connectivity index (χ2v) is 4.52. The number of rotatable bonds is 5. The number of nitrogens with one attached hydrogen (secondary N) is 1. The first-order valence-corrected chi connectivity index (χ1v) is 6.10. The zero-order valence-electron chi connectivity index (χ0n) is 11.3. The number of benzene rings is 1. The largest absolute Gasteiger partial charge is 0.308 e. The van der Waals surface area contributed by atoms with Crippen LogP contribution in [0.3, 0.4) is 0 Å². The van der Waals surface area contributed by atoms with E-state index in [1.807, 2.05) is 20.2 Å². The van der Waals surface area contributed by atoms with Crippen molar-refractivity contribution in [2.45, 2.75) is 20.0 Å². The maximum atomic E-state index is 13.8. The summed E-state index contributed by atoms with van der Waals surface area (Å²) in [6, 6.07) is 4.17. The predicted octanol–water partition coefficient (Wildman–Crippen LogP) is 2.07. The molecule has 0 fully saturated rings. The molecule has 106 valence electrons. The molecule has 0 atom stereocenters. The first kappa shape index (κ1) is 14.1. The lowest BCUT2D eigenvalue weighted by molar-refractivity contribution is -0.387. The number of halogens is 1. The first-order chi connectivity index (χ1) is 9.49. The molecule has 0 saturated heterocycles. The van der Waals surface area contributed by atoms with Crippen molar-refractivity contribution in [1.82, 2.24) is 15.1 Å². The Balaban J connectivity index is 2.03. The minimum atomic E-state index is -0.784. The molecule has 1 aromatic carbocycles. The highest BCUT2D eigenvalue weighted by Gasteiger charge is 2.16. The van der Waals surface area contributed by atoms with Crippen molar-refractivity contribution in [1.29, 1.82) is 0 Å². The van der Waals surface area contributed by atoms with Crippen LogP contribution in [-0.4, -0.2) is 14.7 Å². The molecule has 0 aliphatic carbocycles. The van der Waals surface area contributed by atoms with Crippen LogP contribution >= 0.6 is 0 Å². The highest BCUT2D eigenvalue weighted by molar-refractivity contribution is 5.36. The molecular formula is C13H15FN4O2. The van der Waals surface area contributed by atoms with E-state index in [-0.39, 0.29) is 12.1 Å². The molecular weight excluding hydrogens is 263 g/mol. The number of nitrogens with zero attached hydrogens (tertiary/aromatic N) is 3. The van der Waals surface area contributed by atoms with Crippen molar-refractivity contribution in [3.63, 3.8) is 0 Å². The van der Waals surface area contributed by atoms with Crippen molar-refractivity contribution in [2.24, 2.45) is 7.05 Å². The van der Waals surface area contributed by atoms with Gasteiger partial charge in [0.05, 0.1) is 10.6 Å². The molecule has 0 aliphatic rings. The molecule has 0 saturated carbocycles. The van der Waals surface area contributed by atoms with Gasteiger partial charge in [-0.1, -0.05) is 12.1 Å². The molecule has 2 rings (SSSR count). The van der Waals surface area contributed by atoms with Gasteiger partial charge in [-0.15, -0.1) is 0 Å². The molecule has 0 amide bonds. The van der Waals surface area contributed by atoms with Gasteiger partial charge in [-0.05, 0) is 6.92 Å². The number of hydrogen-bond donors (Lipinski definition) is 1. The molecule has 2 aromatic rings. The molecule has 1 heterocycles. The maximum Gasteiger partial charge on any atom is 0.305 e. The predicted molar refractivity (Wildman–Crippen MR) is 71.5 cm³/mol. The van der Waals surface area contributed by atoms with Gasteiger partial charge in [-0.25, -0.2) is 0 Å². The minimum Gasteiger partial charge on any atom is -0.308 e. The second-order valence-electron chi connectivity index (χ2n) is 4.52. The average molecular weight is 278 g/mol. The summed E-state index contributed by atoms with van der Waals surface area (Å²) in [4.78, 5) is 9.93. The van der Waals surface area contributed by atoms with Crippen LogP contribution in [0.25, 0.3) is 0 Å². The Bertz CT molecular complexity index is 639. The minimum absolute atomic E-state index is 0.224. The van der Waals surface area contributed by atoms with E-state index in [0.29, 0.717) is 6.54 Å². The van der Waals surface area contributed by atoms with Crippen molar-refractivity contribution in [2.75, 3.05) is 0 Å². The van der Waals surface area contributed by atoms with Crippen LogP contribution in [0.15, 0.2) is 24.4 Å². The number of aryl methyl sites for hydroxylation is 2. The highest BCUT2D eigenvalue weighted by atomic mass is 19.1. The average Bonchev–Trinajstić information content (AvgIpc) is 2.69. The number of nitro benzene ring substituents is 1. The summed E-state index contributed by atoms with van der Waals surface area (Å²) in [6.07, 6.45) is 1.88. The Kier molecular flexibility index (Phi) is 4.09. The topological polar surface area (TPSA) is 73.0 Å². The van der Waals surface area contributed by atoms with Crippen LogP contribution in [0.5, 0.6) is 0 Å². The standard InChI is InChI=1S/C13H15FN4O2/c1-9-11(8-17(2)16-9)7-15-6-10-4-3-5-12(13(10)14)18(19)20/h3-5,8,15H,6-7H2,1-2H3. The fourth-order valence-corrected chi connectivity index (χ4v) is 2.00. The van der Waals surface area contributed by atoms with Crippen LogP contribution in [-0.2, 0) is 20.1 Å². The Morgan fingerprint density at radius 2 is 2.10 bits per heavy atom. The van der Waals surface area contributed by atoms with E-state index in [4.69, 9.17) is 0 Å². The van der Waals surface area contributed by atoms with Crippen molar-refractivity contribution in [3.8, 4) is 0 Å². The summed E-state index contributed by atoms with van der Waals surface area (Å²) in [7, 11) is 1.83. The van der Waals surface area contributed by atoms with Crippen LogP contribution in [0.1, 0.15) is 16.8 Å². The van der Waals surface area contributed by atoms with Crippen LogP contribution in [0, 0.1) is 22.9 Å².